The molecule has 3 rings (SSSR count). The van der Waals surface area contributed by atoms with Crippen LogP contribution in [0.4, 0.5) is 0 Å². The van der Waals surface area contributed by atoms with E-state index in [2.05, 4.69) is 20.9 Å². The highest BCUT2D eigenvalue weighted by molar-refractivity contribution is 9.10. The summed E-state index contributed by atoms with van der Waals surface area (Å²) in [7, 11) is 0. The van der Waals surface area contributed by atoms with Gasteiger partial charge < -0.3 is 5.11 Å². The van der Waals surface area contributed by atoms with E-state index < -0.39 is 5.97 Å². The summed E-state index contributed by atoms with van der Waals surface area (Å²) < 4.78 is 2.83. The molecule has 0 bridgehead atoms. The number of nitrogens with zero attached hydrogens (tertiary/aromatic N) is 2. The smallest absolute Gasteiger partial charge is 0.342 e. The molecule has 0 unspecified atom stereocenters. The van der Waals surface area contributed by atoms with Gasteiger partial charge in [-0.15, -0.1) is 0 Å². The van der Waals surface area contributed by atoms with Gasteiger partial charge in [0.15, 0.2) is 5.65 Å². The summed E-state index contributed by atoms with van der Waals surface area (Å²) in [5.74, 6) is -0.909. The molecule has 0 atom stereocenters. The Morgan fingerprint density at radius 3 is 3.06 bits per heavy atom. The van der Waals surface area contributed by atoms with Gasteiger partial charge in [-0.05, 0) is 34.1 Å². The van der Waals surface area contributed by atoms with Crippen molar-refractivity contribution >= 4 is 45.4 Å². The van der Waals surface area contributed by atoms with E-state index in [1.54, 1.807) is 12.3 Å². The molecule has 0 radical (unpaired) electrons. The van der Waals surface area contributed by atoms with Crippen molar-refractivity contribution in [3.05, 3.63) is 33.4 Å². The Morgan fingerprint density at radius 1 is 1.50 bits per heavy atom. The molecule has 0 aromatic carbocycles. The van der Waals surface area contributed by atoms with Crippen molar-refractivity contribution in [2.45, 2.75) is 5.03 Å². The minimum Gasteiger partial charge on any atom is -0.477 e. The molecule has 0 saturated carbocycles. The van der Waals surface area contributed by atoms with Gasteiger partial charge in [0, 0.05) is 0 Å². The number of rotatable bonds is 1. The number of imidazole rings is 1. The average molecular weight is 297 g/mol. The molecule has 4 nitrogen and oxygen atoms in total. The largest absolute Gasteiger partial charge is 0.477 e. The molecule has 1 aliphatic rings. The third kappa shape index (κ3) is 1.30. The normalized spacial score (nSPS) is 13.9. The van der Waals surface area contributed by atoms with Crippen LogP contribution in [-0.2, 0) is 4.79 Å². The zero-order chi connectivity index (χ0) is 11.3. The first-order chi connectivity index (χ1) is 7.66. The SMILES string of the molecule is O=C(O)C1=Cc2cnc3c(Br)ccc(n23)S1. The van der Waals surface area contributed by atoms with Crippen LogP contribution in [0, 0.1) is 0 Å². The summed E-state index contributed by atoms with van der Waals surface area (Å²) in [4.78, 5) is 15.5. The number of aliphatic carboxylic acids is 1. The molecule has 0 aliphatic carbocycles. The molecule has 1 N–H and O–H groups in total. The van der Waals surface area contributed by atoms with Crippen molar-refractivity contribution in [3.63, 3.8) is 0 Å². The molecule has 6 heteroatoms. The summed E-state index contributed by atoms with van der Waals surface area (Å²) in [6.45, 7) is 0. The predicted molar refractivity (Wildman–Crippen MR) is 64.4 cm³/mol. The van der Waals surface area contributed by atoms with Crippen molar-refractivity contribution in [1.82, 2.24) is 9.38 Å². The molecular formula is C10H5BrN2O2S. The zero-order valence-corrected chi connectivity index (χ0v) is 10.2. The van der Waals surface area contributed by atoms with Crippen molar-refractivity contribution in [2.75, 3.05) is 0 Å². The Labute approximate surface area is 103 Å². The molecule has 80 valence electrons. The number of pyridine rings is 1. The van der Waals surface area contributed by atoms with Crippen LogP contribution in [0.25, 0.3) is 11.7 Å². The topological polar surface area (TPSA) is 54.6 Å². The van der Waals surface area contributed by atoms with Crippen LogP contribution in [0.3, 0.4) is 0 Å². The Bertz CT molecular complexity index is 648. The number of hydrogen-bond donors (Lipinski definition) is 1. The summed E-state index contributed by atoms with van der Waals surface area (Å²) >= 11 is 4.65. The van der Waals surface area contributed by atoms with E-state index in [0.717, 1.165) is 20.8 Å². The zero-order valence-electron chi connectivity index (χ0n) is 7.85. The van der Waals surface area contributed by atoms with Gasteiger partial charge in [-0.1, -0.05) is 11.8 Å². The summed E-state index contributed by atoms with van der Waals surface area (Å²) in [5, 5.41) is 9.85. The van der Waals surface area contributed by atoms with Crippen LogP contribution < -0.4 is 0 Å². The van der Waals surface area contributed by atoms with Gasteiger partial charge in [-0.3, -0.25) is 4.40 Å². The first kappa shape index (κ1) is 9.92. The number of aromatic nitrogens is 2. The van der Waals surface area contributed by atoms with Gasteiger partial charge in [-0.25, -0.2) is 9.78 Å². The highest BCUT2D eigenvalue weighted by Gasteiger charge is 2.20. The lowest BCUT2D eigenvalue weighted by Gasteiger charge is -2.12. The van der Waals surface area contributed by atoms with E-state index in [1.165, 1.54) is 11.8 Å². The average Bonchev–Trinajstić information content (AvgIpc) is 2.68. The maximum absolute atomic E-state index is 10.9. The third-order valence-corrected chi connectivity index (χ3v) is 3.96. The fraction of sp³-hybridized carbons (Fsp3) is 0. The Morgan fingerprint density at radius 2 is 2.31 bits per heavy atom. The number of carbonyl (C=O) groups is 1. The van der Waals surface area contributed by atoms with E-state index in [0.29, 0.717) is 4.91 Å². The van der Waals surface area contributed by atoms with Gasteiger partial charge in [0.2, 0.25) is 0 Å². The Balaban J connectivity index is 2.34. The van der Waals surface area contributed by atoms with E-state index in [4.69, 9.17) is 5.11 Å². The Hall–Kier alpha value is -1.27. The van der Waals surface area contributed by atoms with Crippen molar-refractivity contribution in [2.24, 2.45) is 0 Å². The van der Waals surface area contributed by atoms with E-state index >= 15 is 0 Å². The molecule has 0 amide bonds. The second kappa shape index (κ2) is 3.36. The molecule has 3 heterocycles. The lowest BCUT2D eigenvalue weighted by molar-refractivity contribution is -0.131. The first-order valence-electron chi connectivity index (χ1n) is 4.45. The van der Waals surface area contributed by atoms with Crippen molar-refractivity contribution < 1.29 is 9.90 Å². The minimum absolute atomic E-state index is 0.316. The molecule has 2 aromatic heterocycles. The van der Waals surface area contributed by atoms with Gasteiger partial charge in [0.1, 0.15) is 4.91 Å². The number of thioether (sulfide) groups is 1. The molecule has 2 aromatic rings. The fourth-order valence-corrected chi connectivity index (χ4v) is 2.95. The first-order valence-corrected chi connectivity index (χ1v) is 6.06. The molecular weight excluding hydrogens is 292 g/mol. The van der Waals surface area contributed by atoms with Gasteiger partial charge in [-0.2, -0.15) is 0 Å². The number of halogens is 1. The lowest BCUT2D eigenvalue weighted by atomic mass is 10.4. The monoisotopic (exact) mass is 296 g/mol. The number of carboxylic acids is 1. The minimum atomic E-state index is -0.909. The van der Waals surface area contributed by atoms with E-state index in [1.807, 2.05) is 16.5 Å². The highest BCUT2D eigenvalue weighted by Crippen LogP contribution is 2.36. The highest BCUT2D eigenvalue weighted by atomic mass is 79.9. The maximum Gasteiger partial charge on any atom is 0.342 e. The van der Waals surface area contributed by atoms with E-state index in [9.17, 15) is 4.79 Å². The summed E-state index contributed by atoms with van der Waals surface area (Å²) in [5.41, 5.74) is 1.60. The second-order valence-electron chi connectivity index (χ2n) is 3.28. The molecule has 16 heavy (non-hydrogen) atoms. The van der Waals surface area contributed by atoms with Crippen LogP contribution in [0.15, 0.2) is 32.7 Å². The lowest BCUT2D eigenvalue weighted by Crippen LogP contribution is -2.04. The Kier molecular flexibility index (Phi) is 2.08. The van der Waals surface area contributed by atoms with Crippen LogP contribution in [0.2, 0.25) is 0 Å². The third-order valence-electron chi connectivity index (χ3n) is 2.30. The number of hydrogen-bond acceptors (Lipinski definition) is 3. The van der Waals surface area contributed by atoms with Crippen molar-refractivity contribution in [1.29, 1.82) is 0 Å². The molecule has 0 fully saturated rings. The molecule has 1 aliphatic heterocycles. The number of carboxylic acid groups (broad SMARTS) is 1. The second-order valence-corrected chi connectivity index (χ2v) is 5.19. The van der Waals surface area contributed by atoms with Gasteiger partial charge >= 0.3 is 5.97 Å². The van der Waals surface area contributed by atoms with Gasteiger partial charge in [0.05, 0.1) is 21.4 Å². The van der Waals surface area contributed by atoms with Crippen LogP contribution >= 0.6 is 27.7 Å². The standard InChI is InChI=1S/C10H5BrN2O2S/c11-6-1-2-8-13-5(4-12-9(6)13)3-7(16-8)10(14)15/h1-4H,(H,14,15). The summed E-state index contributed by atoms with van der Waals surface area (Å²) in [6, 6.07) is 3.75. The van der Waals surface area contributed by atoms with Gasteiger partial charge in [0.25, 0.3) is 0 Å². The van der Waals surface area contributed by atoms with E-state index in [-0.39, 0.29) is 0 Å². The molecule has 0 spiro atoms. The summed E-state index contributed by atoms with van der Waals surface area (Å²) in [6.07, 6.45) is 3.30. The van der Waals surface area contributed by atoms with Crippen LogP contribution in [-0.4, -0.2) is 20.5 Å². The predicted octanol–water partition coefficient (Wildman–Crippen LogP) is 2.63. The maximum atomic E-state index is 10.9. The quantitative estimate of drug-likeness (QED) is 0.879. The van der Waals surface area contributed by atoms with Crippen molar-refractivity contribution in [3.8, 4) is 0 Å². The fourth-order valence-electron chi connectivity index (χ4n) is 1.62. The molecule has 0 saturated heterocycles. The van der Waals surface area contributed by atoms with Crippen LogP contribution in [0.1, 0.15) is 5.69 Å². The van der Waals surface area contributed by atoms with Crippen LogP contribution in [0.5, 0.6) is 0 Å².